The Morgan fingerprint density at radius 1 is 1.09 bits per heavy atom. The lowest BCUT2D eigenvalue weighted by Gasteiger charge is -2.23. The summed E-state index contributed by atoms with van der Waals surface area (Å²) < 4.78 is 0. The largest absolute Gasteiger partial charge is 0.480 e. The fourth-order valence-electron chi connectivity index (χ4n) is 2.07. The van der Waals surface area contributed by atoms with Crippen LogP contribution in [0.5, 0.6) is 0 Å². The monoisotopic (exact) mass is 306 g/mol. The second-order valence-electron chi connectivity index (χ2n) is 5.51. The molecule has 2 amide bonds. The molecule has 0 radical (unpaired) electrons. The number of hydrogen-bond donors (Lipinski definition) is 3. The van der Waals surface area contributed by atoms with Crippen LogP contribution in [0.25, 0.3) is 0 Å². The molecule has 0 unspecified atom stereocenters. The number of carbonyl (C=O) groups excluding carboxylic acids is 2. The lowest BCUT2D eigenvalue weighted by atomic mass is 10.0. The van der Waals surface area contributed by atoms with Crippen molar-refractivity contribution in [2.24, 2.45) is 5.92 Å². The van der Waals surface area contributed by atoms with Crippen molar-refractivity contribution in [2.75, 3.05) is 0 Å². The summed E-state index contributed by atoms with van der Waals surface area (Å²) in [6.45, 7) is 4.75. The van der Waals surface area contributed by atoms with Crippen molar-refractivity contribution in [1.82, 2.24) is 10.6 Å². The predicted molar refractivity (Wildman–Crippen MR) is 82.2 cm³/mol. The van der Waals surface area contributed by atoms with Crippen molar-refractivity contribution in [1.29, 1.82) is 0 Å². The van der Waals surface area contributed by atoms with Crippen LogP contribution in [0.3, 0.4) is 0 Å². The molecule has 6 heteroatoms. The molecule has 0 aliphatic carbocycles. The molecule has 1 rings (SSSR count). The molecule has 0 saturated carbocycles. The normalized spacial score (nSPS) is 13.3. The Morgan fingerprint density at radius 2 is 1.68 bits per heavy atom. The highest BCUT2D eigenvalue weighted by atomic mass is 16.4. The van der Waals surface area contributed by atoms with Crippen molar-refractivity contribution in [2.45, 2.75) is 39.3 Å². The summed E-state index contributed by atoms with van der Waals surface area (Å²) >= 11 is 0. The number of carboxylic acid groups (broad SMARTS) is 1. The van der Waals surface area contributed by atoms with Gasteiger partial charge in [0.2, 0.25) is 11.8 Å². The minimum absolute atomic E-state index is 0.254. The number of rotatable bonds is 7. The molecule has 22 heavy (non-hydrogen) atoms. The van der Waals surface area contributed by atoms with Crippen LogP contribution in [0.4, 0.5) is 0 Å². The van der Waals surface area contributed by atoms with Gasteiger partial charge in [-0.1, -0.05) is 44.2 Å². The second kappa shape index (κ2) is 8.17. The van der Waals surface area contributed by atoms with E-state index in [4.69, 9.17) is 5.11 Å². The van der Waals surface area contributed by atoms with Crippen molar-refractivity contribution in [3.05, 3.63) is 35.9 Å². The van der Waals surface area contributed by atoms with E-state index in [2.05, 4.69) is 10.6 Å². The molecule has 1 aromatic carbocycles. The van der Waals surface area contributed by atoms with Gasteiger partial charge in [0.1, 0.15) is 12.1 Å². The van der Waals surface area contributed by atoms with Gasteiger partial charge >= 0.3 is 5.97 Å². The van der Waals surface area contributed by atoms with E-state index in [9.17, 15) is 14.4 Å². The van der Waals surface area contributed by atoms with E-state index in [1.54, 1.807) is 13.8 Å². The molecule has 0 aliphatic heterocycles. The first-order valence-electron chi connectivity index (χ1n) is 7.15. The summed E-state index contributed by atoms with van der Waals surface area (Å²) in [4.78, 5) is 34.8. The zero-order chi connectivity index (χ0) is 16.7. The molecule has 0 fully saturated rings. The van der Waals surface area contributed by atoms with Gasteiger partial charge in [-0.2, -0.15) is 0 Å². The molecule has 0 bridgehead atoms. The number of amides is 2. The van der Waals surface area contributed by atoms with Gasteiger partial charge in [0.25, 0.3) is 0 Å². The summed E-state index contributed by atoms with van der Waals surface area (Å²) in [5.41, 5.74) is 0.882. The van der Waals surface area contributed by atoms with E-state index in [0.29, 0.717) is 6.42 Å². The Hall–Kier alpha value is -2.37. The predicted octanol–water partition coefficient (Wildman–Crippen LogP) is 0.959. The maximum absolute atomic E-state index is 12.3. The summed E-state index contributed by atoms with van der Waals surface area (Å²) in [7, 11) is 0. The van der Waals surface area contributed by atoms with Gasteiger partial charge in [0.15, 0.2) is 0 Å². The van der Waals surface area contributed by atoms with Crippen molar-refractivity contribution in [3.63, 3.8) is 0 Å². The highest BCUT2D eigenvalue weighted by Crippen LogP contribution is 2.06. The first kappa shape index (κ1) is 17.7. The van der Waals surface area contributed by atoms with E-state index in [1.165, 1.54) is 6.92 Å². The van der Waals surface area contributed by atoms with E-state index in [0.717, 1.165) is 5.56 Å². The van der Waals surface area contributed by atoms with E-state index < -0.39 is 24.0 Å². The highest BCUT2D eigenvalue weighted by Gasteiger charge is 2.28. The minimum Gasteiger partial charge on any atom is -0.480 e. The van der Waals surface area contributed by atoms with Gasteiger partial charge in [0.05, 0.1) is 0 Å². The Labute approximate surface area is 129 Å². The van der Waals surface area contributed by atoms with Crippen LogP contribution >= 0.6 is 0 Å². The average Bonchev–Trinajstić information content (AvgIpc) is 2.43. The van der Waals surface area contributed by atoms with Crippen molar-refractivity contribution in [3.8, 4) is 0 Å². The maximum Gasteiger partial charge on any atom is 0.326 e. The average molecular weight is 306 g/mol. The zero-order valence-corrected chi connectivity index (χ0v) is 13.0. The van der Waals surface area contributed by atoms with Gasteiger partial charge in [-0.15, -0.1) is 0 Å². The summed E-state index contributed by atoms with van der Waals surface area (Å²) in [6.07, 6.45) is 0.302. The fourth-order valence-corrected chi connectivity index (χ4v) is 2.07. The number of nitrogens with one attached hydrogen (secondary N) is 2. The molecule has 120 valence electrons. The Balaban J connectivity index is 2.84. The van der Waals surface area contributed by atoms with Crippen LogP contribution in [0.15, 0.2) is 30.3 Å². The summed E-state index contributed by atoms with van der Waals surface area (Å²) in [5.74, 6) is -2.19. The molecule has 0 saturated heterocycles. The van der Waals surface area contributed by atoms with E-state index >= 15 is 0 Å². The SMILES string of the molecule is CC(=O)N[C@@H](Cc1ccccc1)C(=O)N[C@@H](C(=O)O)C(C)C. The van der Waals surface area contributed by atoms with Crippen LogP contribution in [-0.2, 0) is 20.8 Å². The van der Waals surface area contributed by atoms with E-state index in [1.807, 2.05) is 30.3 Å². The Morgan fingerprint density at radius 3 is 2.14 bits per heavy atom. The van der Waals surface area contributed by atoms with Crippen LogP contribution in [0.2, 0.25) is 0 Å². The van der Waals surface area contributed by atoms with Crippen LogP contribution in [0, 0.1) is 5.92 Å². The molecular formula is C16H22N2O4. The lowest BCUT2D eigenvalue weighted by Crippen LogP contribution is -2.53. The minimum atomic E-state index is -1.09. The highest BCUT2D eigenvalue weighted by molar-refractivity contribution is 5.90. The first-order valence-corrected chi connectivity index (χ1v) is 7.15. The van der Waals surface area contributed by atoms with Gasteiger partial charge < -0.3 is 15.7 Å². The van der Waals surface area contributed by atoms with Gasteiger partial charge in [-0.3, -0.25) is 9.59 Å². The Bertz CT molecular complexity index is 528. The molecule has 3 N–H and O–H groups in total. The standard InChI is InChI=1S/C16H22N2O4/c1-10(2)14(16(21)22)18-15(20)13(17-11(3)19)9-12-7-5-4-6-8-12/h4-8,10,13-14H,9H2,1-3H3,(H,17,19)(H,18,20)(H,21,22)/t13-,14+/m0/s1. The van der Waals surface area contributed by atoms with Gasteiger partial charge in [-0.05, 0) is 11.5 Å². The Kier molecular flexibility index (Phi) is 6.56. The third kappa shape index (κ3) is 5.55. The molecule has 1 aromatic rings. The molecule has 0 spiro atoms. The first-order chi connectivity index (χ1) is 10.3. The van der Waals surface area contributed by atoms with Gasteiger partial charge in [0, 0.05) is 13.3 Å². The molecular weight excluding hydrogens is 284 g/mol. The van der Waals surface area contributed by atoms with Crippen LogP contribution in [0.1, 0.15) is 26.3 Å². The molecule has 2 atom stereocenters. The van der Waals surface area contributed by atoms with Crippen molar-refractivity contribution >= 4 is 17.8 Å². The van der Waals surface area contributed by atoms with Crippen molar-refractivity contribution < 1.29 is 19.5 Å². The number of hydrogen-bond acceptors (Lipinski definition) is 3. The molecule has 6 nitrogen and oxygen atoms in total. The smallest absolute Gasteiger partial charge is 0.326 e. The fraction of sp³-hybridized carbons (Fsp3) is 0.438. The molecule has 0 aliphatic rings. The number of carbonyl (C=O) groups is 3. The van der Waals surface area contributed by atoms with Gasteiger partial charge in [-0.25, -0.2) is 4.79 Å². The zero-order valence-electron chi connectivity index (χ0n) is 13.0. The maximum atomic E-state index is 12.3. The summed E-state index contributed by atoms with van der Waals surface area (Å²) in [5, 5.41) is 14.2. The number of carboxylic acids is 1. The topological polar surface area (TPSA) is 95.5 Å². The van der Waals surface area contributed by atoms with E-state index in [-0.39, 0.29) is 11.8 Å². The van der Waals surface area contributed by atoms with Crippen LogP contribution in [-0.4, -0.2) is 35.0 Å². The van der Waals surface area contributed by atoms with Crippen LogP contribution < -0.4 is 10.6 Å². The third-order valence-electron chi connectivity index (χ3n) is 3.21. The lowest BCUT2D eigenvalue weighted by molar-refractivity contribution is -0.143. The number of benzene rings is 1. The molecule has 0 aromatic heterocycles. The number of aliphatic carboxylic acids is 1. The molecule has 0 heterocycles. The third-order valence-corrected chi connectivity index (χ3v) is 3.21. The second-order valence-corrected chi connectivity index (χ2v) is 5.51. The quantitative estimate of drug-likeness (QED) is 0.699. The summed E-state index contributed by atoms with van der Waals surface area (Å²) in [6, 6.07) is 7.44.